The predicted molar refractivity (Wildman–Crippen MR) is 432 cm³/mol. The van der Waals surface area contributed by atoms with Crippen molar-refractivity contribution in [1.29, 1.82) is 0 Å². The molecule has 0 aromatic rings. The van der Waals surface area contributed by atoms with Crippen molar-refractivity contribution < 1.29 is 155 Å². The van der Waals surface area contributed by atoms with E-state index in [0.29, 0.717) is 77.0 Å². The molecule has 44 heteroatoms. The van der Waals surface area contributed by atoms with Gasteiger partial charge in [0.05, 0.1) is 103 Å². The minimum atomic E-state index is -4.76. The van der Waals surface area contributed by atoms with Crippen LogP contribution >= 0.6 is 7.82 Å². The van der Waals surface area contributed by atoms with E-state index in [-0.39, 0.29) is 242 Å². The van der Waals surface area contributed by atoms with Crippen LogP contribution in [-0.2, 0) is 104 Å². The van der Waals surface area contributed by atoms with Crippen LogP contribution < -0.4 is 53.2 Å². The van der Waals surface area contributed by atoms with Gasteiger partial charge in [0.2, 0.25) is 65.0 Å². The number of unbranched alkanes of at least 4 members (excludes halogenated alkanes) is 10. The molecule has 122 heavy (non-hydrogen) atoms. The van der Waals surface area contributed by atoms with Gasteiger partial charge in [-0.25, -0.2) is 4.57 Å². The zero-order chi connectivity index (χ0) is 89.7. The lowest BCUT2D eigenvalue weighted by molar-refractivity contribution is -0.270. The summed E-state index contributed by atoms with van der Waals surface area (Å²) < 4.78 is 68.5. The number of ether oxygens (including phenoxy) is 9. The average Bonchev–Trinajstić information content (AvgIpc) is 1.04. The summed E-state index contributed by atoms with van der Waals surface area (Å²) in [4.78, 5) is 159. The number of phosphoric acid groups is 1. The van der Waals surface area contributed by atoms with Gasteiger partial charge >= 0.3 is 7.82 Å². The molecule has 43 nitrogen and oxygen atoms in total. The molecule has 0 aliphatic carbocycles. The highest BCUT2D eigenvalue weighted by molar-refractivity contribution is 7.46. The minimum Gasteiger partial charge on any atom is -0.394 e. The number of carbonyl (C=O) groups excluding carboxylic acids is 11. The number of rotatable bonds is 66. The highest BCUT2D eigenvalue weighted by Gasteiger charge is 2.46. The first kappa shape index (κ1) is 108. The summed E-state index contributed by atoms with van der Waals surface area (Å²) in [7, 11) is -4.76. The van der Waals surface area contributed by atoms with Crippen LogP contribution in [0, 0.1) is 0 Å². The Bertz CT molecular complexity index is 3020. The molecule has 0 aromatic carbocycles. The lowest BCUT2D eigenvalue weighted by Gasteiger charge is -2.42. The number of likely N-dealkylation sites (tertiary alicyclic amines) is 1. The predicted octanol–water partition coefficient (Wildman–Crippen LogP) is -3.65. The van der Waals surface area contributed by atoms with E-state index in [2.05, 4.69) is 57.7 Å². The average molecular weight is 1770 g/mol. The summed E-state index contributed by atoms with van der Waals surface area (Å²) in [6.07, 6.45) is -1.09. The number of nitrogens with zero attached hydrogens (tertiary/aromatic N) is 1. The molecule has 11 amide bonds. The van der Waals surface area contributed by atoms with Crippen LogP contribution in [-0.4, -0.2) is 350 Å². The van der Waals surface area contributed by atoms with Crippen molar-refractivity contribution in [3.05, 3.63) is 0 Å². The van der Waals surface area contributed by atoms with Gasteiger partial charge in [-0.15, -0.1) is 0 Å². The Balaban J connectivity index is 1.30. The Morgan fingerprint density at radius 1 is 0.402 bits per heavy atom. The minimum absolute atomic E-state index is 0.0527. The molecule has 0 saturated carbocycles. The maximum atomic E-state index is 14.1. The zero-order valence-electron chi connectivity index (χ0n) is 70.9. The van der Waals surface area contributed by atoms with E-state index in [1.54, 1.807) is 0 Å². The molecule has 4 saturated heterocycles. The van der Waals surface area contributed by atoms with Crippen molar-refractivity contribution in [3.8, 4) is 0 Å². The molecular weight excluding hydrogens is 1630 g/mol. The standard InChI is InChI=1S/C78H140N11O32P/c1-52(93)85-70-59(97)42-57(45-90)119-75(70)115-35-15-12-21-62(99)79-29-18-32-82-65(102)26-38-112-49-78(88-68(105)24-10-8-6-4-5-7-9-11-25-69(106)89-44-56(96)41-55(89)48-118-122(109,110)111,50-113-39-27-66(103)83-33-19-30-80-63(100)22-13-16-36-116-76-71(86-53(2)94)60(98)43-58(46-91)120-76)51-114-40-28-67(104)84-34-20-31-81-64(101)23-14-17-37-117-77-72(87-54(3)95)74(108)73(107)61(47-92)121-77/h55-61,70-77,90-92,96-98,107-108H,4-51H2,1-3H3,(H,79,99)(H,80,100)(H,81,101)(H,82,102)(H,83,103)(H,84,104)(H,85,93)(H,86,94)(H,87,95)(H,88,105)(H2,109,110,111)/t55-,56+,57?,58?,59?,60?,61?,70-,71?,72?,73?,74?,75?,76?,77?,78?/m0/s1. The highest BCUT2D eigenvalue weighted by Crippen LogP contribution is 2.37. The molecule has 0 aromatic heterocycles. The van der Waals surface area contributed by atoms with Crippen LogP contribution in [0.1, 0.15) is 201 Å². The summed E-state index contributed by atoms with van der Waals surface area (Å²) >= 11 is 0. The van der Waals surface area contributed by atoms with Gasteiger partial charge in [-0.2, -0.15) is 0 Å². The number of amides is 11. The van der Waals surface area contributed by atoms with Crippen LogP contribution in [0.5, 0.6) is 0 Å². The molecule has 13 unspecified atom stereocenters. The summed E-state index contributed by atoms with van der Waals surface area (Å²) in [5, 5.41) is 108. The van der Waals surface area contributed by atoms with E-state index in [4.69, 9.17) is 52.4 Å². The van der Waals surface area contributed by atoms with Gasteiger partial charge in [-0.1, -0.05) is 38.5 Å². The summed E-state index contributed by atoms with van der Waals surface area (Å²) in [6.45, 7) is 2.73. The van der Waals surface area contributed by atoms with E-state index < -0.39 is 130 Å². The number of phosphoric ester groups is 1. The fourth-order valence-corrected chi connectivity index (χ4v) is 14.3. The highest BCUT2D eigenvalue weighted by atomic mass is 31.2. The Labute approximate surface area is 712 Å². The number of aliphatic hydroxyl groups excluding tert-OH is 8. The quantitative estimate of drug-likeness (QED) is 0.0206. The van der Waals surface area contributed by atoms with Gasteiger partial charge < -0.3 is 151 Å². The van der Waals surface area contributed by atoms with Gasteiger partial charge in [0.25, 0.3) is 0 Å². The van der Waals surface area contributed by atoms with Crippen molar-refractivity contribution in [1.82, 2.24) is 58.1 Å². The van der Waals surface area contributed by atoms with Gasteiger partial charge in [0, 0.05) is 151 Å². The van der Waals surface area contributed by atoms with Crippen molar-refractivity contribution in [2.45, 2.75) is 298 Å². The fraction of sp³-hybridized carbons (Fsp3) is 0.859. The van der Waals surface area contributed by atoms with Crippen molar-refractivity contribution in [2.75, 3.05) is 132 Å². The molecule has 4 heterocycles. The number of nitrogens with one attached hydrogen (secondary N) is 10. The fourth-order valence-electron chi connectivity index (χ4n) is 13.9. The number of hydrogen-bond donors (Lipinski definition) is 20. The number of hydrogen-bond acceptors (Lipinski definition) is 30. The van der Waals surface area contributed by atoms with E-state index >= 15 is 0 Å². The molecule has 20 N–H and O–H groups in total. The Kier molecular flexibility index (Phi) is 54.7. The second kappa shape index (κ2) is 61.9. The largest absolute Gasteiger partial charge is 0.469 e. The van der Waals surface area contributed by atoms with E-state index in [0.717, 1.165) is 32.1 Å². The number of β-amino-alcohol motifs (C(OH)–C–C–N with tert-alkyl or cyclic N) is 1. The summed E-state index contributed by atoms with van der Waals surface area (Å²) in [5.74, 6) is -3.76. The SMILES string of the molecule is CC(=O)NC1C(O)CC(CO)OC1OCCCCC(=O)NCCCNC(=O)CCOCC(COCCC(=O)NCCCNC(=O)CCCCOC1OC(CO)C(O)C(O)C1NC(C)=O)(COCCC(=O)NCCCNC(=O)CCCCOC1OC(CO)CC(O)[C@@H]1NC(C)=O)NC(=O)CCCCCCCCCCC(=O)N1C[C@H](O)C[C@H]1COP(=O)(O)O. The maximum absolute atomic E-state index is 14.1. The third-order valence-electron chi connectivity index (χ3n) is 20.4. The topological polar surface area (TPSA) is 623 Å². The first-order chi connectivity index (χ1) is 58.3. The van der Waals surface area contributed by atoms with Gasteiger partial charge in [0.15, 0.2) is 18.9 Å². The Morgan fingerprint density at radius 2 is 0.746 bits per heavy atom. The summed E-state index contributed by atoms with van der Waals surface area (Å²) in [6, 6.07) is -3.42. The van der Waals surface area contributed by atoms with Crippen LogP contribution in [0.25, 0.3) is 0 Å². The second-order valence-electron chi connectivity index (χ2n) is 31.2. The van der Waals surface area contributed by atoms with Crippen LogP contribution in [0.4, 0.5) is 0 Å². The molecule has 4 fully saturated rings. The molecule has 0 bridgehead atoms. The molecule has 0 radical (unpaired) electrons. The third-order valence-corrected chi connectivity index (χ3v) is 20.8. The number of carbonyl (C=O) groups is 11. The van der Waals surface area contributed by atoms with Crippen molar-refractivity contribution in [3.63, 3.8) is 0 Å². The first-order valence-corrected chi connectivity index (χ1v) is 44.4. The van der Waals surface area contributed by atoms with Crippen LogP contribution in [0.3, 0.4) is 0 Å². The lowest BCUT2D eigenvalue weighted by Crippen LogP contribution is -2.64. The Hall–Kier alpha value is -6.40. The summed E-state index contributed by atoms with van der Waals surface area (Å²) in [5.41, 5.74) is -1.45. The van der Waals surface area contributed by atoms with E-state index in [9.17, 15) is 98.2 Å². The van der Waals surface area contributed by atoms with Gasteiger partial charge in [0.1, 0.15) is 42.0 Å². The Morgan fingerprint density at radius 3 is 1.11 bits per heavy atom. The van der Waals surface area contributed by atoms with Gasteiger partial charge in [-0.05, 0) is 77.0 Å². The molecule has 4 aliphatic heterocycles. The monoisotopic (exact) mass is 1770 g/mol. The number of aliphatic hydroxyl groups is 8. The molecular formula is C78H140N11O32P. The molecule has 0 spiro atoms. The maximum Gasteiger partial charge on any atom is 0.469 e. The van der Waals surface area contributed by atoms with Crippen molar-refractivity contribution in [2.24, 2.45) is 0 Å². The van der Waals surface area contributed by atoms with Crippen LogP contribution in [0.15, 0.2) is 0 Å². The first-order valence-electron chi connectivity index (χ1n) is 42.8. The van der Waals surface area contributed by atoms with Crippen molar-refractivity contribution >= 4 is 72.8 Å². The van der Waals surface area contributed by atoms with E-state index in [1.165, 1.54) is 25.7 Å². The molecule has 16 atom stereocenters. The molecule has 4 aliphatic rings. The second-order valence-corrected chi connectivity index (χ2v) is 32.4. The molecule has 4 rings (SSSR count). The smallest absolute Gasteiger partial charge is 0.394 e. The van der Waals surface area contributed by atoms with Crippen LogP contribution in [0.2, 0.25) is 0 Å². The van der Waals surface area contributed by atoms with E-state index in [1.807, 2.05) is 0 Å². The molecule has 704 valence electrons. The lowest BCUT2D eigenvalue weighted by atomic mass is 9.97. The normalized spacial score (nSPS) is 23.9. The third kappa shape index (κ3) is 46.7. The zero-order valence-corrected chi connectivity index (χ0v) is 71.8. The van der Waals surface area contributed by atoms with Gasteiger partial charge in [-0.3, -0.25) is 57.3 Å².